The van der Waals surface area contributed by atoms with E-state index in [1.807, 2.05) is 35.2 Å². The molecule has 1 aliphatic heterocycles. The van der Waals surface area contributed by atoms with Gasteiger partial charge in [-0.3, -0.25) is 9.78 Å². The first-order chi connectivity index (χ1) is 12.2. The predicted molar refractivity (Wildman–Crippen MR) is 116 cm³/mol. The summed E-state index contributed by atoms with van der Waals surface area (Å²) in [4.78, 5) is 19.4. The number of hydrogen-bond donors (Lipinski definition) is 1. The molecule has 27 heavy (non-hydrogen) atoms. The molecule has 7 heteroatoms. The molecule has 1 N–H and O–H groups in total. The van der Waals surface area contributed by atoms with Gasteiger partial charge in [-0.2, -0.15) is 0 Å². The Balaban J connectivity index is 0.00000182. The van der Waals surface area contributed by atoms with Crippen molar-refractivity contribution in [3.63, 3.8) is 0 Å². The summed E-state index contributed by atoms with van der Waals surface area (Å²) in [6, 6.07) is 9.84. The minimum Gasteiger partial charge on any atom is -0.336 e. The number of carbonyl (C=O) groups is 1. The zero-order valence-corrected chi connectivity index (χ0v) is 17.7. The Labute approximate surface area is 178 Å². The molecule has 1 aromatic carbocycles. The zero-order valence-electron chi connectivity index (χ0n) is 15.4. The largest absolute Gasteiger partial charge is 0.336 e. The third-order valence-corrected chi connectivity index (χ3v) is 4.89. The standard InChI is InChI=1S/C20H24ClN3O.2ClH/c1-2-11-24(19-7-9-22-10-8-19)20(25)17-12-16(13-23-14-17)15-3-5-18(21)6-4-15;;/h3-6,12-14,19,22H,2,7-11H2,1H3;2*1H. The van der Waals surface area contributed by atoms with Crippen molar-refractivity contribution in [1.29, 1.82) is 0 Å². The number of amides is 1. The van der Waals surface area contributed by atoms with Crippen LogP contribution < -0.4 is 5.32 Å². The van der Waals surface area contributed by atoms with Gasteiger partial charge in [0.05, 0.1) is 5.56 Å². The normalized spacial score (nSPS) is 14.0. The lowest BCUT2D eigenvalue weighted by Crippen LogP contribution is -2.46. The molecule has 2 heterocycles. The van der Waals surface area contributed by atoms with Gasteiger partial charge in [-0.25, -0.2) is 0 Å². The number of piperidine rings is 1. The van der Waals surface area contributed by atoms with E-state index in [-0.39, 0.29) is 30.7 Å². The van der Waals surface area contributed by atoms with Gasteiger partial charge in [0.2, 0.25) is 0 Å². The molecule has 1 amide bonds. The molecule has 0 radical (unpaired) electrons. The van der Waals surface area contributed by atoms with Gasteiger partial charge >= 0.3 is 0 Å². The molecule has 1 aliphatic rings. The molecule has 1 aromatic heterocycles. The third kappa shape index (κ3) is 6.08. The van der Waals surface area contributed by atoms with Crippen LogP contribution in [0.1, 0.15) is 36.5 Å². The first kappa shape index (κ1) is 23.7. The number of benzene rings is 1. The van der Waals surface area contributed by atoms with Crippen molar-refractivity contribution in [1.82, 2.24) is 15.2 Å². The summed E-state index contributed by atoms with van der Waals surface area (Å²) in [6.45, 7) is 4.85. The lowest BCUT2D eigenvalue weighted by atomic mass is 10.0. The molecule has 0 unspecified atom stereocenters. The van der Waals surface area contributed by atoms with E-state index in [2.05, 4.69) is 17.2 Å². The number of halogens is 3. The molecule has 1 fully saturated rings. The lowest BCUT2D eigenvalue weighted by Gasteiger charge is -2.34. The topological polar surface area (TPSA) is 45.2 Å². The van der Waals surface area contributed by atoms with Crippen LogP contribution in [0.25, 0.3) is 11.1 Å². The minimum atomic E-state index is 0. The van der Waals surface area contributed by atoms with Crippen molar-refractivity contribution < 1.29 is 4.79 Å². The molecule has 148 valence electrons. The van der Waals surface area contributed by atoms with E-state index in [4.69, 9.17) is 11.6 Å². The first-order valence-electron chi connectivity index (χ1n) is 8.91. The number of nitrogens with zero attached hydrogens (tertiary/aromatic N) is 2. The lowest BCUT2D eigenvalue weighted by molar-refractivity contribution is 0.0642. The Kier molecular flexibility index (Phi) is 10.1. The van der Waals surface area contributed by atoms with Crippen LogP contribution in [-0.4, -0.2) is 41.5 Å². The van der Waals surface area contributed by atoms with Gasteiger partial charge in [-0.05, 0) is 56.1 Å². The molecular formula is C20H26Cl3N3O. The number of rotatable bonds is 5. The number of carbonyl (C=O) groups excluding carboxylic acids is 1. The maximum Gasteiger partial charge on any atom is 0.255 e. The number of hydrogen-bond acceptors (Lipinski definition) is 3. The quantitative estimate of drug-likeness (QED) is 0.737. The second-order valence-corrected chi connectivity index (χ2v) is 6.89. The van der Waals surface area contributed by atoms with Gasteiger partial charge in [0.1, 0.15) is 0 Å². The summed E-state index contributed by atoms with van der Waals surface area (Å²) in [5, 5.41) is 4.06. The average molecular weight is 431 g/mol. The third-order valence-electron chi connectivity index (χ3n) is 4.64. The molecule has 0 saturated carbocycles. The second kappa shape index (κ2) is 11.5. The predicted octanol–water partition coefficient (Wildman–Crippen LogP) is 4.85. The molecule has 0 aliphatic carbocycles. The summed E-state index contributed by atoms with van der Waals surface area (Å²) < 4.78 is 0. The number of pyridine rings is 1. The van der Waals surface area contributed by atoms with Crippen LogP contribution in [0.3, 0.4) is 0 Å². The van der Waals surface area contributed by atoms with Crippen LogP contribution >= 0.6 is 36.4 Å². The Morgan fingerprint density at radius 1 is 1.15 bits per heavy atom. The maximum absolute atomic E-state index is 13.1. The van der Waals surface area contributed by atoms with Crippen LogP contribution in [0.5, 0.6) is 0 Å². The van der Waals surface area contributed by atoms with Gasteiger partial charge in [-0.15, -0.1) is 24.8 Å². The second-order valence-electron chi connectivity index (χ2n) is 6.45. The fourth-order valence-electron chi connectivity index (χ4n) is 3.33. The Bertz CT molecular complexity index is 719. The van der Waals surface area contributed by atoms with Crippen molar-refractivity contribution >= 4 is 42.3 Å². The fourth-order valence-corrected chi connectivity index (χ4v) is 3.46. The molecule has 3 rings (SSSR count). The van der Waals surface area contributed by atoms with Gasteiger partial charge in [0.25, 0.3) is 5.91 Å². The van der Waals surface area contributed by atoms with Crippen molar-refractivity contribution in [3.8, 4) is 11.1 Å². The van der Waals surface area contributed by atoms with Crippen molar-refractivity contribution in [2.45, 2.75) is 32.2 Å². The average Bonchev–Trinajstić information content (AvgIpc) is 2.67. The van der Waals surface area contributed by atoms with Gasteiger partial charge in [-0.1, -0.05) is 30.7 Å². The van der Waals surface area contributed by atoms with E-state index in [1.54, 1.807) is 12.4 Å². The highest BCUT2D eigenvalue weighted by atomic mass is 35.5. The van der Waals surface area contributed by atoms with Crippen LogP contribution in [-0.2, 0) is 0 Å². The summed E-state index contributed by atoms with van der Waals surface area (Å²) in [6.07, 6.45) is 6.44. The molecular weight excluding hydrogens is 405 g/mol. The molecule has 4 nitrogen and oxygen atoms in total. The van der Waals surface area contributed by atoms with Gasteiger partial charge < -0.3 is 10.2 Å². The molecule has 0 spiro atoms. The Morgan fingerprint density at radius 3 is 2.44 bits per heavy atom. The highest BCUT2D eigenvalue weighted by Crippen LogP contribution is 2.23. The van der Waals surface area contributed by atoms with Crippen molar-refractivity contribution in [2.24, 2.45) is 0 Å². The minimum absolute atomic E-state index is 0. The van der Waals surface area contributed by atoms with Crippen LogP contribution in [0.15, 0.2) is 42.7 Å². The molecule has 2 aromatic rings. The Hall–Kier alpha value is -1.33. The van der Waals surface area contributed by atoms with E-state index in [1.165, 1.54) is 0 Å². The highest BCUT2D eigenvalue weighted by Gasteiger charge is 2.25. The smallest absolute Gasteiger partial charge is 0.255 e. The maximum atomic E-state index is 13.1. The molecule has 1 saturated heterocycles. The number of aromatic nitrogens is 1. The number of nitrogens with one attached hydrogen (secondary N) is 1. The summed E-state index contributed by atoms with van der Waals surface area (Å²) >= 11 is 5.96. The van der Waals surface area contributed by atoms with Gasteiger partial charge in [0, 0.05) is 35.6 Å². The summed E-state index contributed by atoms with van der Waals surface area (Å²) in [7, 11) is 0. The van der Waals surface area contributed by atoms with Crippen molar-refractivity contribution in [2.75, 3.05) is 19.6 Å². The molecule has 0 bridgehead atoms. The first-order valence-corrected chi connectivity index (χ1v) is 9.29. The van der Waals surface area contributed by atoms with E-state index in [9.17, 15) is 4.79 Å². The van der Waals surface area contributed by atoms with E-state index < -0.39 is 0 Å². The zero-order chi connectivity index (χ0) is 17.6. The van der Waals surface area contributed by atoms with Crippen LogP contribution in [0.2, 0.25) is 5.02 Å². The van der Waals surface area contributed by atoms with Gasteiger partial charge in [0.15, 0.2) is 0 Å². The van der Waals surface area contributed by atoms with E-state index in [0.29, 0.717) is 16.6 Å². The van der Waals surface area contributed by atoms with E-state index >= 15 is 0 Å². The van der Waals surface area contributed by atoms with Crippen LogP contribution in [0.4, 0.5) is 0 Å². The monoisotopic (exact) mass is 429 g/mol. The van der Waals surface area contributed by atoms with Crippen molar-refractivity contribution in [3.05, 3.63) is 53.3 Å². The van der Waals surface area contributed by atoms with E-state index in [0.717, 1.165) is 50.0 Å². The fraction of sp³-hybridized carbons (Fsp3) is 0.400. The Morgan fingerprint density at radius 2 is 1.81 bits per heavy atom. The van der Waals surface area contributed by atoms with Crippen LogP contribution in [0, 0.1) is 0 Å². The SMILES string of the molecule is CCCN(C(=O)c1cncc(-c2ccc(Cl)cc2)c1)C1CCNCC1.Cl.Cl. The summed E-state index contributed by atoms with van der Waals surface area (Å²) in [5.74, 6) is 0.0806. The summed E-state index contributed by atoms with van der Waals surface area (Å²) in [5.41, 5.74) is 2.60. The highest BCUT2D eigenvalue weighted by molar-refractivity contribution is 6.30. The molecule has 0 atom stereocenters.